The molecule has 122 valence electrons. The van der Waals surface area contributed by atoms with E-state index in [0.29, 0.717) is 0 Å². The third-order valence-corrected chi connectivity index (χ3v) is 4.69. The molecule has 0 bridgehead atoms. The standard InChI is InChI=1S/C20H24FNO/c1-14(23)11-17(15-5-3-2-4-6-15)13-22-20-10-8-16-7-9-18(21)12-19(16)20/h2-7,9,12,14,17,20,22-23H,8,10-11,13H2,1H3. The lowest BCUT2D eigenvalue weighted by molar-refractivity contribution is 0.172. The average molecular weight is 313 g/mol. The highest BCUT2D eigenvalue weighted by Crippen LogP contribution is 2.32. The van der Waals surface area contributed by atoms with Crippen LogP contribution in [0.3, 0.4) is 0 Å². The normalized spacial score (nSPS) is 19.3. The number of fused-ring (bicyclic) bond motifs is 1. The number of aliphatic hydroxyl groups is 1. The maximum Gasteiger partial charge on any atom is 0.123 e. The highest BCUT2D eigenvalue weighted by molar-refractivity contribution is 5.35. The molecular formula is C20H24FNO. The van der Waals surface area contributed by atoms with Gasteiger partial charge in [-0.2, -0.15) is 0 Å². The van der Waals surface area contributed by atoms with Crippen LogP contribution in [0.2, 0.25) is 0 Å². The number of hydrogen-bond acceptors (Lipinski definition) is 2. The molecule has 3 unspecified atom stereocenters. The Morgan fingerprint density at radius 2 is 2.00 bits per heavy atom. The number of halogens is 1. The Hall–Kier alpha value is -1.71. The van der Waals surface area contributed by atoms with Gasteiger partial charge in [0, 0.05) is 12.6 Å². The molecule has 0 radical (unpaired) electrons. The summed E-state index contributed by atoms with van der Waals surface area (Å²) in [6.07, 6.45) is 2.39. The van der Waals surface area contributed by atoms with E-state index in [1.165, 1.54) is 11.1 Å². The van der Waals surface area contributed by atoms with Gasteiger partial charge in [-0.25, -0.2) is 4.39 Å². The highest BCUT2D eigenvalue weighted by Gasteiger charge is 2.24. The van der Waals surface area contributed by atoms with Gasteiger partial charge < -0.3 is 10.4 Å². The third kappa shape index (κ3) is 3.98. The fourth-order valence-corrected chi connectivity index (χ4v) is 3.54. The maximum atomic E-state index is 13.5. The fourth-order valence-electron chi connectivity index (χ4n) is 3.54. The first-order valence-corrected chi connectivity index (χ1v) is 8.38. The van der Waals surface area contributed by atoms with E-state index >= 15 is 0 Å². The van der Waals surface area contributed by atoms with Crippen LogP contribution in [-0.4, -0.2) is 17.8 Å². The van der Waals surface area contributed by atoms with Crippen molar-refractivity contribution in [3.8, 4) is 0 Å². The topological polar surface area (TPSA) is 32.3 Å². The summed E-state index contributed by atoms with van der Waals surface area (Å²) in [6.45, 7) is 2.62. The van der Waals surface area contributed by atoms with Gasteiger partial charge in [0.2, 0.25) is 0 Å². The van der Waals surface area contributed by atoms with Crippen LogP contribution in [0.25, 0.3) is 0 Å². The number of aryl methyl sites for hydroxylation is 1. The molecule has 0 amide bonds. The van der Waals surface area contributed by atoms with Crippen LogP contribution in [0.4, 0.5) is 4.39 Å². The van der Waals surface area contributed by atoms with Gasteiger partial charge in [-0.1, -0.05) is 36.4 Å². The molecule has 3 atom stereocenters. The molecule has 0 saturated heterocycles. The van der Waals surface area contributed by atoms with Crippen LogP contribution in [0, 0.1) is 5.82 Å². The monoisotopic (exact) mass is 313 g/mol. The Balaban J connectivity index is 1.70. The van der Waals surface area contributed by atoms with Gasteiger partial charge in [0.05, 0.1) is 6.10 Å². The van der Waals surface area contributed by atoms with Crippen LogP contribution in [0.1, 0.15) is 48.4 Å². The van der Waals surface area contributed by atoms with Crippen molar-refractivity contribution in [3.05, 3.63) is 71.0 Å². The quantitative estimate of drug-likeness (QED) is 0.846. The van der Waals surface area contributed by atoms with E-state index < -0.39 is 0 Å². The van der Waals surface area contributed by atoms with Gasteiger partial charge in [0.25, 0.3) is 0 Å². The fraction of sp³-hybridized carbons (Fsp3) is 0.400. The second-order valence-corrected chi connectivity index (χ2v) is 6.53. The molecule has 23 heavy (non-hydrogen) atoms. The summed E-state index contributed by atoms with van der Waals surface area (Å²) in [5.74, 6) is 0.0925. The number of benzene rings is 2. The SMILES string of the molecule is CC(O)CC(CNC1CCc2ccc(F)cc21)c1ccccc1. The van der Waals surface area contributed by atoms with Crippen LogP contribution < -0.4 is 5.32 Å². The zero-order valence-electron chi connectivity index (χ0n) is 13.5. The van der Waals surface area contributed by atoms with Gasteiger partial charge in [-0.15, -0.1) is 0 Å². The number of aliphatic hydroxyl groups excluding tert-OH is 1. The largest absolute Gasteiger partial charge is 0.393 e. The lowest BCUT2D eigenvalue weighted by Gasteiger charge is -2.23. The first-order valence-electron chi connectivity index (χ1n) is 8.38. The molecule has 0 saturated carbocycles. The molecule has 2 nitrogen and oxygen atoms in total. The second kappa shape index (κ2) is 7.24. The van der Waals surface area contributed by atoms with Crippen LogP contribution >= 0.6 is 0 Å². The summed E-state index contributed by atoms with van der Waals surface area (Å²) in [5, 5.41) is 13.4. The summed E-state index contributed by atoms with van der Waals surface area (Å²) >= 11 is 0. The molecule has 2 aromatic rings. The van der Waals surface area contributed by atoms with E-state index in [1.54, 1.807) is 12.1 Å². The minimum atomic E-state index is -0.338. The molecule has 0 spiro atoms. The molecule has 1 aliphatic rings. The van der Waals surface area contributed by atoms with E-state index in [2.05, 4.69) is 17.4 Å². The van der Waals surface area contributed by atoms with Gasteiger partial charge in [0.15, 0.2) is 0 Å². The van der Waals surface area contributed by atoms with Crippen molar-refractivity contribution in [1.82, 2.24) is 5.32 Å². The van der Waals surface area contributed by atoms with Crippen LogP contribution in [0.15, 0.2) is 48.5 Å². The molecule has 1 aliphatic carbocycles. The second-order valence-electron chi connectivity index (χ2n) is 6.53. The van der Waals surface area contributed by atoms with Gasteiger partial charge in [-0.3, -0.25) is 0 Å². The summed E-state index contributed by atoms with van der Waals surface area (Å²) in [4.78, 5) is 0. The van der Waals surface area contributed by atoms with Crippen molar-refractivity contribution in [2.75, 3.05) is 6.54 Å². The molecular weight excluding hydrogens is 289 g/mol. The molecule has 2 aromatic carbocycles. The minimum absolute atomic E-state index is 0.166. The predicted octanol–water partition coefficient (Wildman–Crippen LogP) is 3.96. The number of nitrogens with one attached hydrogen (secondary N) is 1. The molecule has 0 aliphatic heterocycles. The predicted molar refractivity (Wildman–Crippen MR) is 90.9 cm³/mol. The van der Waals surface area contributed by atoms with Crippen LogP contribution in [-0.2, 0) is 6.42 Å². The number of hydrogen-bond donors (Lipinski definition) is 2. The zero-order valence-corrected chi connectivity index (χ0v) is 13.5. The van der Waals surface area contributed by atoms with Gasteiger partial charge in [0.1, 0.15) is 5.82 Å². The first kappa shape index (κ1) is 16.2. The van der Waals surface area contributed by atoms with Crippen molar-refractivity contribution in [1.29, 1.82) is 0 Å². The Labute approximate surface area is 137 Å². The third-order valence-electron chi connectivity index (χ3n) is 4.69. The highest BCUT2D eigenvalue weighted by atomic mass is 19.1. The smallest absolute Gasteiger partial charge is 0.123 e. The van der Waals surface area contributed by atoms with Gasteiger partial charge in [-0.05, 0) is 60.9 Å². The van der Waals surface area contributed by atoms with Crippen molar-refractivity contribution < 1.29 is 9.50 Å². The van der Waals surface area contributed by atoms with E-state index in [0.717, 1.165) is 31.4 Å². The van der Waals surface area contributed by atoms with Crippen LogP contribution in [0.5, 0.6) is 0 Å². The van der Waals surface area contributed by atoms with Gasteiger partial charge >= 0.3 is 0 Å². The Bertz CT molecular complexity index is 641. The summed E-state index contributed by atoms with van der Waals surface area (Å²) < 4.78 is 13.5. The summed E-state index contributed by atoms with van der Waals surface area (Å²) in [5.41, 5.74) is 3.57. The molecule has 3 rings (SSSR count). The van der Waals surface area contributed by atoms with E-state index in [9.17, 15) is 9.50 Å². The van der Waals surface area contributed by atoms with E-state index in [4.69, 9.17) is 0 Å². The lowest BCUT2D eigenvalue weighted by Crippen LogP contribution is -2.27. The molecule has 3 heteroatoms. The Morgan fingerprint density at radius 1 is 1.22 bits per heavy atom. The molecule has 0 aromatic heterocycles. The molecule has 0 fully saturated rings. The summed E-state index contributed by atoms with van der Waals surface area (Å²) in [6, 6.07) is 15.6. The number of rotatable bonds is 6. The first-order chi connectivity index (χ1) is 11.1. The minimum Gasteiger partial charge on any atom is -0.393 e. The Kier molecular flexibility index (Phi) is 5.09. The zero-order chi connectivity index (χ0) is 16.2. The van der Waals surface area contributed by atoms with Crippen molar-refractivity contribution in [3.63, 3.8) is 0 Å². The lowest BCUT2D eigenvalue weighted by atomic mass is 9.93. The van der Waals surface area contributed by atoms with Crippen molar-refractivity contribution in [2.24, 2.45) is 0 Å². The van der Waals surface area contributed by atoms with Crippen molar-refractivity contribution >= 4 is 0 Å². The molecule has 2 N–H and O–H groups in total. The van der Waals surface area contributed by atoms with E-state index in [1.807, 2.05) is 31.2 Å². The van der Waals surface area contributed by atoms with E-state index in [-0.39, 0.29) is 23.9 Å². The average Bonchev–Trinajstić information content (AvgIpc) is 2.94. The Morgan fingerprint density at radius 3 is 2.74 bits per heavy atom. The molecule has 0 heterocycles. The maximum absolute atomic E-state index is 13.5. The van der Waals surface area contributed by atoms with Crippen molar-refractivity contribution in [2.45, 2.75) is 44.2 Å². The summed E-state index contributed by atoms with van der Waals surface area (Å²) in [7, 11) is 0.